The summed E-state index contributed by atoms with van der Waals surface area (Å²) in [5.41, 5.74) is 10.8. The first kappa shape index (κ1) is 22.4. The summed E-state index contributed by atoms with van der Waals surface area (Å²) in [6.45, 7) is 8.49. The van der Waals surface area contributed by atoms with Crippen LogP contribution in [0.15, 0.2) is 59.1 Å². The third-order valence-electron chi connectivity index (χ3n) is 6.42. The summed E-state index contributed by atoms with van der Waals surface area (Å²) >= 11 is 1.71. The van der Waals surface area contributed by atoms with E-state index in [2.05, 4.69) is 39.0 Å². The van der Waals surface area contributed by atoms with Crippen LogP contribution in [0.25, 0.3) is 0 Å². The molecule has 32 heavy (non-hydrogen) atoms. The van der Waals surface area contributed by atoms with Gasteiger partial charge in [-0.3, -0.25) is 9.69 Å². The number of nitrogens with zero attached hydrogens (tertiary/aromatic N) is 2. The molecule has 0 amide bonds. The minimum atomic E-state index is -0.374. The Balaban J connectivity index is 1.90. The number of unbranched alkanes of at least 4 members (excludes halogenated alkanes) is 1. The van der Waals surface area contributed by atoms with Crippen LogP contribution < -0.4 is 10.6 Å². The molecule has 1 aliphatic heterocycles. The second-order valence-electron chi connectivity index (χ2n) is 9.72. The van der Waals surface area contributed by atoms with Crippen molar-refractivity contribution in [1.29, 1.82) is 5.26 Å². The fourth-order valence-electron chi connectivity index (χ4n) is 4.82. The summed E-state index contributed by atoms with van der Waals surface area (Å²) in [5.74, 6) is 0.192. The second kappa shape index (κ2) is 8.60. The van der Waals surface area contributed by atoms with Crippen molar-refractivity contribution >= 4 is 22.8 Å². The number of carbonyl (C=O) groups is 1. The van der Waals surface area contributed by atoms with Crippen molar-refractivity contribution in [2.45, 2.75) is 65.7 Å². The zero-order valence-corrected chi connectivity index (χ0v) is 20.2. The van der Waals surface area contributed by atoms with Crippen molar-refractivity contribution in [2.24, 2.45) is 11.1 Å². The number of benzene rings is 1. The highest BCUT2D eigenvalue weighted by Gasteiger charge is 2.45. The molecule has 5 heteroatoms. The highest BCUT2D eigenvalue weighted by Crippen LogP contribution is 2.51. The molecule has 0 fully saturated rings. The van der Waals surface area contributed by atoms with E-state index in [0.29, 0.717) is 17.8 Å². The van der Waals surface area contributed by atoms with Crippen LogP contribution in [0.1, 0.15) is 67.7 Å². The zero-order chi connectivity index (χ0) is 23.0. The predicted molar refractivity (Wildman–Crippen MR) is 131 cm³/mol. The van der Waals surface area contributed by atoms with Crippen LogP contribution in [0.5, 0.6) is 0 Å². The number of anilines is 1. The lowest BCUT2D eigenvalue weighted by Gasteiger charge is -2.43. The lowest BCUT2D eigenvalue weighted by molar-refractivity contribution is -0.118. The summed E-state index contributed by atoms with van der Waals surface area (Å²) in [5, 5.41) is 10.2. The van der Waals surface area contributed by atoms with Gasteiger partial charge >= 0.3 is 0 Å². The van der Waals surface area contributed by atoms with Gasteiger partial charge in [0.2, 0.25) is 0 Å². The predicted octanol–water partition coefficient (Wildman–Crippen LogP) is 6.34. The van der Waals surface area contributed by atoms with E-state index in [1.54, 1.807) is 11.3 Å². The number of carbonyl (C=O) groups excluding carboxylic acids is 1. The van der Waals surface area contributed by atoms with E-state index in [9.17, 15) is 10.1 Å². The highest BCUT2D eigenvalue weighted by molar-refractivity contribution is 7.12. The summed E-state index contributed by atoms with van der Waals surface area (Å²) in [6, 6.07) is 14.7. The minimum Gasteiger partial charge on any atom is -0.384 e. The summed E-state index contributed by atoms with van der Waals surface area (Å²) in [4.78, 5) is 17.8. The van der Waals surface area contributed by atoms with Gasteiger partial charge in [0.25, 0.3) is 0 Å². The molecule has 0 bridgehead atoms. The fraction of sp³-hybridized carbons (Fsp3) is 0.407. The van der Waals surface area contributed by atoms with Gasteiger partial charge in [0.05, 0.1) is 17.6 Å². The smallest absolute Gasteiger partial charge is 0.162 e. The molecule has 2 aromatic rings. The number of ketones is 1. The molecule has 1 atom stereocenters. The lowest BCUT2D eigenvalue weighted by atomic mass is 9.69. The van der Waals surface area contributed by atoms with Crippen LogP contribution >= 0.6 is 11.3 Å². The van der Waals surface area contributed by atoms with Crippen LogP contribution in [0.2, 0.25) is 0 Å². The Morgan fingerprint density at radius 2 is 1.91 bits per heavy atom. The number of hydrogen-bond donors (Lipinski definition) is 1. The second-order valence-corrected chi connectivity index (χ2v) is 10.9. The number of Topliss-reactive ketones (excluding diaryl/α,β-unsaturated/α-hetero) is 1. The van der Waals surface area contributed by atoms with Crippen molar-refractivity contribution < 1.29 is 4.79 Å². The fourth-order valence-corrected chi connectivity index (χ4v) is 5.99. The van der Waals surface area contributed by atoms with Gasteiger partial charge in [0.1, 0.15) is 5.82 Å². The molecule has 1 aliphatic carbocycles. The first-order chi connectivity index (χ1) is 15.3. The topological polar surface area (TPSA) is 70.1 Å². The first-order valence-electron chi connectivity index (χ1n) is 11.4. The van der Waals surface area contributed by atoms with Crippen LogP contribution in [-0.2, 0) is 11.2 Å². The van der Waals surface area contributed by atoms with Crippen molar-refractivity contribution in [3.8, 4) is 6.07 Å². The Hall–Kier alpha value is -2.84. The van der Waals surface area contributed by atoms with Crippen LogP contribution in [0.3, 0.4) is 0 Å². The third-order valence-corrected chi connectivity index (χ3v) is 7.63. The summed E-state index contributed by atoms with van der Waals surface area (Å²) in [6.07, 6.45) is 4.53. The van der Waals surface area contributed by atoms with Gasteiger partial charge in [-0.25, -0.2) is 0 Å². The van der Waals surface area contributed by atoms with Crippen molar-refractivity contribution in [3.05, 3.63) is 74.4 Å². The normalized spacial score (nSPS) is 20.4. The summed E-state index contributed by atoms with van der Waals surface area (Å²) in [7, 11) is 0. The molecule has 2 aliphatic rings. The third kappa shape index (κ3) is 4.00. The standard InChI is InChI=1S/C27H31N3OS/c1-5-6-7-19-12-13-23(32-19)24-20(16-28)26(29)30(18-10-8-17(2)9-11-18)21-14-27(3,4)15-22(31)25(21)24/h8-13,24H,5-7,14-15,29H2,1-4H3. The van der Waals surface area contributed by atoms with Crippen LogP contribution in [0, 0.1) is 23.7 Å². The van der Waals surface area contributed by atoms with E-state index in [1.165, 1.54) is 4.88 Å². The minimum absolute atomic E-state index is 0.127. The molecule has 4 rings (SSSR count). The van der Waals surface area contributed by atoms with Crippen molar-refractivity contribution in [3.63, 3.8) is 0 Å². The summed E-state index contributed by atoms with van der Waals surface area (Å²) < 4.78 is 0. The lowest BCUT2D eigenvalue weighted by Crippen LogP contribution is -2.42. The van der Waals surface area contributed by atoms with Gasteiger partial charge in [0, 0.05) is 33.1 Å². The molecule has 2 heterocycles. The van der Waals surface area contributed by atoms with Gasteiger partial charge in [-0.15, -0.1) is 11.3 Å². The average Bonchev–Trinajstić information content (AvgIpc) is 3.20. The largest absolute Gasteiger partial charge is 0.384 e. The molecule has 1 aromatic heterocycles. The molecule has 0 radical (unpaired) electrons. The number of aryl methyl sites for hydroxylation is 2. The van der Waals surface area contributed by atoms with Crippen LogP contribution in [-0.4, -0.2) is 5.78 Å². The maximum Gasteiger partial charge on any atom is 0.162 e. The Morgan fingerprint density at radius 1 is 1.19 bits per heavy atom. The zero-order valence-electron chi connectivity index (χ0n) is 19.4. The number of nitriles is 1. The molecule has 4 nitrogen and oxygen atoms in total. The molecule has 166 valence electrons. The van der Waals surface area contributed by atoms with Crippen LogP contribution in [0.4, 0.5) is 5.69 Å². The van der Waals surface area contributed by atoms with Crippen molar-refractivity contribution in [2.75, 3.05) is 4.90 Å². The Labute approximate surface area is 195 Å². The molecule has 0 spiro atoms. The monoisotopic (exact) mass is 445 g/mol. The molecule has 0 saturated carbocycles. The van der Waals surface area contributed by atoms with Gasteiger partial charge in [-0.2, -0.15) is 5.26 Å². The Morgan fingerprint density at radius 3 is 2.56 bits per heavy atom. The number of nitrogens with two attached hydrogens (primary N) is 1. The van der Waals surface area contributed by atoms with E-state index in [0.717, 1.165) is 53.1 Å². The van der Waals surface area contributed by atoms with E-state index in [1.807, 2.05) is 36.1 Å². The van der Waals surface area contributed by atoms with Gasteiger partial charge in [-0.05, 0) is 55.9 Å². The molecular weight excluding hydrogens is 414 g/mol. The van der Waals surface area contributed by atoms with Gasteiger partial charge in [-0.1, -0.05) is 44.9 Å². The van der Waals surface area contributed by atoms with E-state index < -0.39 is 0 Å². The molecule has 1 unspecified atom stereocenters. The quantitative estimate of drug-likeness (QED) is 0.583. The number of rotatable bonds is 5. The van der Waals surface area contributed by atoms with Gasteiger partial charge < -0.3 is 5.73 Å². The number of thiophene rings is 1. The number of hydrogen-bond acceptors (Lipinski definition) is 5. The first-order valence-corrected chi connectivity index (χ1v) is 12.2. The van der Waals surface area contributed by atoms with Gasteiger partial charge in [0.15, 0.2) is 5.78 Å². The van der Waals surface area contributed by atoms with E-state index in [4.69, 9.17) is 5.73 Å². The maximum absolute atomic E-state index is 13.6. The van der Waals surface area contributed by atoms with E-state index >= 15 is 0 Å². The highest BCUT2D eigenvalue weighted by atomic mass is 32.1. The molecule has 0 saturated heterocycles. The maximum atomic E-state index is 13.6. The number of allylic oxidation sites excluding steroid dienone is 3. The average molecular weight is 446 g/mol. The van der Waals surface area contributed by atoms with Crippen molar-refractivity contribution in [1.82, 2.24) is 0 Å². The Bertz CT molecular complexity index is 1140. The molecule has 2 N–H and O–H groups in total. The molecule has 1 aromatic carbocycles. The van der Waals surface area contributed by atoms with E-state index in [-0.39, 0.29) is 17.1 Å². The molecular formula is C27H31N3OS. The SMILES string of the molecule is CCCCc1ccc(C2C(C#N)=C(N)N(c3ccc(C)cc3)C3=C2C(=O)CC(C)(C)C3)s1. The Kier molecular flexibility index (Phi) is 6.01.